The van der Waals surface area contributed by atoms with E-state index in [1.165, 1.54) is 13.4 Å². The Kier molecular flexibility index (Phi) is 6.00. The smallest absolute Gasteiger partial charge is 0.374 e. The predicted molar refractivity (Wildman–Crippen MR) is 81.3 cm³/mol. The van der Waals surface area contributed by atoms with Gasteiger partial charge in [-0.2, -0.15) is 0 Å². The number of nitrogens with zero attached hydrogens (tertiary/aromatic N) is 1. The summed E-state index contributed by atoms with van der Waals surface area (Å²) in [6.07, 6.45) is 4.16. The number of hydrogen-bond donors (Lipinski definition) is 1. The van der Waals surface area contributed by atoms with Gasteiger partial charge in [0.05, 0.1) is 13.4 Å². The second-order valence-electron chi connectivity index (χ2n) is 5.61. The third kappa shape index (κ3) is 4.10. The number of piperidine rings is 1. The van der Waals surface area contributed by atoms with E-state index in [1.54, 1.807) is 6.07 Å². The van der Waals surface area contributed by atoms with E-state index in [-0.39, 0.29) is 17.6 Å². The predicted octanol–water partition coefficient (Wildman–Crippen LogP) is 1.80. The minimum Gasteiger partial charge on any atom is -0.463 e. The monoisotopic (exact) mass is 308 g/mol. The van der Waals surface area contributed by atoms with Crippen molar-refractivity contribution in [1.82, 2.24) is 10.2 Å². The Hall–Kier alpha value is -1.82. The Bertz CT molecular complexity index is 504. The van der Waals surface area contributed by atoms with Gasteiger partial charge in [0, 0.05) is 24.6 Å². The molecule has 0 atom stereocenters. The summed E-state index contributed by atoms with van der Waals surface area (Å²) in [5, 5.41) is 2.96. The maximum Gasteiger partial charge on any atom is 0.374 e. The summed E-state index contributed by atoms with van der Waals surface area (Å²) in [6.45, 7) is 5.12. The van der Waals surface area contributed by atoms with E-state index in [0.717, 1.165) is 44.5 Å². The molecule has 0 unspecified atom stereocenters. The van der Waals surface area contributed by atoms with Crippen molar-refractivity contribution in [1.29, 1.82) is 0 Å². The molecule has 0 spiro atoms. The summed E-state index contributed by atoms with van der Waals surface area (Å²) >= 11 is 0. The van der Waals surface area contributed by atoms with Gasteiger partial charge in [0.25, 0.3) is 0 Å². The van der Waals surface area contributed by atoms with Crippen molar-refractivity contribution in [2.75, 3.05) is 26.7 Å². The molecule has 1 aromatic rings. The number of esters is 1. The lowest BCUT2D eigenvalue weighted by Crippen LogP contribution is -2.40. The zero-order valence-corrected chi connectivity index (χ0v) is 13.3. The van der Waals surface area contributed by atoms with Crippen LogP contribution in [0, 0.1) is 5.92 Å². The first-order chi connectivity index (χ1) is 10.7. The normalized spacial score (nSPS) is 16.5. The fraction of sp³-hybridized carbons (Fsp3) is 0.625. The maximum absolute atomic E-state index is 12.0. The van der Waals surface area contributed by atoms with E-state index in [4.69, 9.17) is 9.15 Å². The molecule has 1 fully saturated rings. The molecule has 0 aromatic carbocycles. The number of ether oxygens (including phenoxy) is 1. The number of hydrogen-bond acceptors (Lipinski definition) is 5. The fourth-order valence-corrected chi connectivity index (χ4v) is 2.72. The molecule has 6 nitrogen and oxygen atoms in total. The average Bonchev–Trinajstić information content (AvgIpc) is 3.00. The lowest BCUT2D eigenvalue weighted by Gasteiger charge is -2.31. The van der Waals surface area contributed by atoms with Gasteiger partial charge in [-0.25, -0.2) is 4.79 Å². The summed E-state index contributed by atoms with van der Waals surface area (Å²) in [5.74, 6) is 0.0893. The molecule has 6 heteroatoms. The molecular formula is C16H24N2O4. The Morgan fingerprint density at radius 1 is 1.41 bits per heavy atom. The largest absolute Gasteiger partial charge is 0.463 e. The average molecular weight is 308 g/mol. The van der Waals surface area contributed by atoms with E-state index in [9.17, 15) is 9.59 Å². The number of methoxy groups -OCH3 is 1. The molecule has 1 amide bonds. The van der Waals surface area contributed by atoms with Crippen molar-refractivity contribution in [3.63, 3.8) is 0 Å². The summed E-state index contributed by atoms with van der Waals surface area (Å²) in [4.78, 5) is 25.8. The lowest BCUT2D eigenvalue weighted by atomic mass is 9.95. The third-order valence-electron chi connectivity index (χ3n) is 4.02. The number of furan rings is 1. The van der Waals surface area contributed by atoms with Gasteiger partial charge >= 0.3 is 5.97 Å². The zero-order valence-electron chi connectivity index (χ0n) is 13.3. The fourth-order valence-electron chi connectivity index (χ4n) is 2.72. The van der Waals surface area contributed by atoms with Crippen molar-refractivity contribution >= 4 is 11.9 Å². The number of carbonyl (C=O) groups excluding carboxylic acids is 2. The molecule has 2 rings (SSSR count). The number of nitrogens with one attached hydrogen (secondary N) is 1. The van der Waals surface area contributed by atoms with Crippen LogP contribution in [0.1, 0.15) is 42.3 Å². The van der Waals surface area contributed by atoms with Crippen LogP contribution in [0.5, 0.6) is 0 Å². The van der Waals surface area contributed by atoms with Crippen molar-refractivity contribution in [3.05, 3.63) is 23.7 Å². The number of rotatable bonds is 6. The highest BCUT2D eigenvalue weighted by Crippen LogP contribution is 2.21. The lowest BCUT2D eigenvalue weighted by molar-refractivity contribution is -0.126. The highest BCUT2D eigenvalue weighted by Gasteiger charge is 2.26. The number of amides is 1. The second-order valence-corrected chi connectivity index (χ2v) is 5.61. The summed E-state index contributed by atoms with van der Waals surface area (Å²) < 4.78 is 9.90. The Morgan fingerprint density at radius 2 is 2.14 bits per heavy atom. The van der Waals surface area contributed by atoms with Crippen LogP contribution in [0.15, 0.2) is 16.7 Å². The van der Waals surface area contributed by atoms with E-state index in [0.29, 0.717) is 6.54 Å². The van der Waals surface area contributed by atoms with Crippen LogP contribution in [-0.4, -0.2) is 43.5 Å². The van der Waals surface area contributed by atoms with Gasteiger partial charge in [-0.3, -0.25) is 9.69 Å². The molecule has 0 radical (unpaired) electrons. The molecular weight excluding hydrogens is 284 g/mol. The van der Waals surface area contributed by atoms with Crippen LogP contribution in [0.3, 0.4) is 0 Å². The standard InChI is InChI=1S/C16H24N2O4/c1-3-7-17-15(19)12-4-8-18(9-5-12)11-13-6-10-22-14(13)16(20)21-2/h6,10,12H,3-5,7-9,11H2,1-2H3,(H,17,19). The Balaban J connectivity index is 1.84. The van der Waals surface area contributed by atoms with Crippen LogP contribution in [-0.2, 0) is 16.1 Å². The number of likely N-dealkylation sites (tertiary alicyclic amines) is 1. The van der Waals surface area contributed by atoms with Crippen molar-refractivity contribution in [3.8, 4) is 0 Å². The van der Waals surface area contributed by atoms with Crippen LogP contribution in [0.2, 0.25) is 0 Å². The molecule has 122 valence electrons. The Labute approximate surface area is 130 Å². The highest BCUT2D eigenvalue weighted by molar-refractivity contribution is 5.87. The van der Waals surface area contributed by atoms with E-state index >= 15 is 0 Å². The minimum atomic E-state index is -0.450. The zero-order chi connectivity index (χ0) is 15.9. The minimum absolute atomic E-state index is 0.104. The molecule has 1 N–H and O–H groups in total. The molecule has 0 saturated carbocycles. The van der Waals surface area contributed by atoms with Gasteiger partial charge in [0.1, 0.15) is 0 Å². The molecule has 0 aliphatic carbocycles. The van der Waals surface area contributed by atoms with E-state index in [2.05, 4.69) is 10.2 Å². The van der Waals surface area contributed by atoms with Gasteiger partial charge in [0.15, 0.2) is 0 Å². The van der Waals surface area contributed by atoms with Gasteiger partial charge in [0.2, 0.25) is 11.7 Å². The molecule has 1 aromatic heterocycles. The first-order valence-electron chi connectivity index (χ1n) is 7.80. The van der Waals surface area contributed by atoms with Crippen LogP contribution < -0.4 is 5.32 Å². The van der Waals surface area contributed by atoms with E-state index < -0.39 is 5.97 Å². The molecule has 1 aliphatic heterocycles. The SMILES string of the molecule is CCCNC(=O)C1CCN(Cc2ccoc2C(=O)OC)CC1. The van der Waals surface area contributed by atoms with Gasteiger partial charge in [-0.1, -0.05) is 6.92 Å². The van der Waals surface area contributed by atoms with Crippen LogP contribution >= 0.6 is 0 Å². The summed E-state index contributed by atoms with van der Waals surface area (Å²) in [6, 6.07) is 1.80. The van der Waals surface area contributed by atoms with Crippen molar-refractivity contribution in [2.24, 2.45) is 5.92 Å². The van der Waals surface area contributed by atoms with Gasteiger partial charge in [-0.15, -0.1) is 0 Å². The summed E-state index contributed by atoms with van der Waals surface area (Å²) in [5.41, 5.74) is 0.834. The van der Waals surface area contributed by atoms with Gasteiger partial charge < -0.3 is 14.5 Å². The number of carbonyl (C=O) groups is 2. The summed E-state index contributed by atoms with van der Waals surface area (Å²) in [7, 11) is 1.34. The molecule has 2 heterocycles. The highest BCUT2D eigenvalue weighted by atomic mass is 16.5. The third-order valence-corrected chi connectivity index (χ3v) is 4.02. The first kappa shape index (κ1) is 16.5. The molecule has 1 aliphatic rings. The van der Waals surface area contributed by atoms with Crippen LogP contribution in [0.4, 0.5) is 0 Å². The van der Waals surface area contributed by atoms with Crippen molar-refractivity contribution < 1.29 is 18.7 Å². The topological polar surface area (TPSA) is 71.8 Å². The Morgan fingerprint density at radius 3 is 2.77 bits per heavy atom. The molecule has 1 saturated heterocycles. The van der Waals surface area contributed by atoms with Crippen LogP contribution in [0.25, 0.3) is 0 Å². The first-order valence-corrected chi connectivity index (χ1v) is 7.80. The molecule has 22 heavy (non-hydrogen) atoms. The maximum atomic E-state index is 12.0. The molecule has 0 bridgehead atoms. The van der Waals surface area contributed by atoms with E-state index in [1.807, 2.05) is 6.92 Å². The van der Waals surface area contributed by atoms with Gasteiger partial charge in [-0.05, 0) is 38.4 Å². The quantitative estimate of drug-likeness (QED) is 0.811. The second kappa shape index (κ2) is 7.98. The van der Waals surface area contributed by atoms with Crippen molar-refractivity contribution in [2.45, 2.75) is 32.7 Å².